The summed E-state index contributed by atoms with van der Waals surface area (Å²) in [5.74, 6) is -0.573. The highest BCUT2D eigenvalue weighted by Gasteiger charge is 2.41. The summed E-state index contributed by atoms with van der Waals surface area (Å²) in [5, 5.41) is 5.56. The van der Waals surface area contributed by atoms with Gasteiger partial charge in [0.2, 0.25) is 5.91 Å². The van der Waals surface area contributed by atoms with E-state index in [0.29, 0.717) is 23.0 Å². The number of thioether (sulfide) groups is 1. The molecule has 1 aromatic carbocycles. The van der Waals surface area contributed by atoms with Gasteiger partial charge in [0.05, 0.1) is 23.7 Å². The third-order valence-corrected chi connectivity index (χ3v) is 6.62. The van der Waals surface area contributed by atoms with Gasteiger partial charge in [0, 0.05) is 31.9 Å². The molecule has 178 valence electrons. The first kappa shape index (κ1) is 25.0. The van der Waals surface area contributed by atoms with Crippen LogP contribution in [0, 0.1) is 5.82 Å². The summed E-state index contributed by atoms with van der Waals surface area (Å²) in [6.07, 6.45) is 0.164. The fourth-order valence-corrected chi connectivity index (χ4v) is 4.64. The van der Waals surface area contributed by atoms with Crippen LogP contribution in [-0.2, 0) is 9.59 Å². The van der Waals surface area contributed by atoms with Crippen LogP contribution in [0.15, 0.2) is 51.6 Å². The molecule has 0 fully saturated rings. The Hall–Kier alpha value is -2.65. The van der Waals surface area contributed by atoms with Crippen LogP contribution in [0.1, 0.15) is 38.8 Å². The topological polar surface area (TPSA) is 68.2 Å². The van der Waals surface area contributed by atoms with Gasteiger partial charge in [-0.15, -0.1) is 0 Å². The monoisotopic (exact) mass is 473 g/mol. The first-order chi connectivity index (χ1) is 15.6. The third-order valence-electron chi connectivity index (χ3n) is 5.73. The van der Waals surface area contributed by atoms with Gasteiger partial charge in [-0.05, 0) is 58.0 Å². The van der Waals surface area contributed by atoms with Crippen LogP contribution in [0.2, 0.25) is 0 Å². The van der Waals surface area contributed by atoms with Crippen LogP contribution in [0.5, 0.6) is 0 Å². The maximum absolute atomic E-state index is 13.7. The first-order valence-electron chi connectivity index (χ1n) is 11.0. The Morgan fingerprint density at radius 2 is 1.88 bits per heavy atom. The quantitative estimate of drug-likeness (QED) is 0.627. The van der Waals surface area contributed by atoms with Crippen LogP contribution in [-0.4, -0.2) is 72.0 Å². The van der Waals surface area contributed by atoms with Gasteiger partial charge >= 0.3 is 0 Å². The van der Waals surface area contributed by atoms with Crippen LogP contribution in [0.25, 0.3) is 0 Å². The van der Waals surface area contributed by atoms with Gasteiger partial charge in [0.15, 0.2) is 5.17 Å². The molecular formula is C24H32FN5O2S. The second kappa shape index (κ2) is 10.5. The fraction of sp³-hybridized carbons (Fsp3) is 0.458. The van der Waals surface area contributed by atoms with E-state index in [0.717, 1.165) is 17.8 Å². The molecule has 1 unspecified atom stereocenters. The Balaban J connectivity index is 1.96. The van der Waals surface area contributed by atoms with E-state index in [9.17, 15) is 14.0 Å². The molecule has 1 aromatic rings. The third kappa shape index (κ3) is 5.65. The van der Waals surface area contributed by atoms with E-state index in [1.54, 1.807) is 24.1 Å². The Morgan fingerprint density at radius 1 is 1.21 bits per heavy atom. The molecule has 2 amide bonds. The van der Waals surface area contributed by atoms with Crippen molar-refractivity contribution in [1.29, 1.82) is 0 Å². The van der Waals surface area contributed by atoms with Crippen molar-refractivity contribution in [1.82, 2.24) is 20.0 Å². The van der Waals surface area contributed by atoms with Crippen molar-refractivity contribution >= 4 is 28.7 Å². The number of amides is 2. The number of amidine groups is 1. The highest BCUT2D eigenvalue weighted by Crippen LogP contribution is 2.45. The highest BCUT2D eigenvalue weighted by molar-refractivity contribution is 8.16. The molecule has 9 heteroatoms. The van der Waals surface area contributed by atoms with Crippen molar-refractivity contribution < 1.29 is 14.0 Å². The molecule has 0 radical (unpaired) electrons. The zero-order valence-corrected chi connectivity index (χ0v) is 20.9. The number of fused-ring (bicyclic) bond motifs is 1. The molecule has 1 atom stereocenters. The van der Waals surface area contributed by atoms with Gasteiger partial charge in [-0.1, -0.05) is 23.9 Å². The molecule has 0 saturated carbocycles. The molecule has 0 spiro atoms. The van der Waals surface area contributed by atoms with Crippen LogP contribution >= 0.6 is 11.8 Å². The lowest BCUT2D eigenvalue weighted by atomic mass is 9.92. The summed E-state index contributed by atoms with van der Waals surface area (Å²) in [4.78, 5) is 36.5. The summed E-state index contributed by atoms with van der Waals surface area (Å²) < 4.78 is 13.7. The number of carbonyl (C=O) groups excluding carboxylic acids is 2. The molecule has 2 aliphatic heterocycles. The Bertz CT molecular complexity index is 1000. The second-order valence-electron chi connectivity index (χ2n) is 8.78. The Kier molecular flexibility index (Phi) is 7.97. The largest absolute Gasteiger partial charge is 0.354 e. The molecule has 1 N–H and O–H groups in total. The second-order valence-corrected chi connectivity index (χ2v) is 9.62. The normalized spacial score (nSPS) is 17.8. The maximum atomic E-state index is 13.7. The molecule has 7 nitrogen and oxygen atoms in total. The van der Waals surface area contributed by atoms with E-state index in [1.165, 1.54) is 23.9 Å². The lowest BCUT2D eigenvalue weighted by molar-refractivity contribution is -0.128. The van der Waals surface area contributed by atoms with Crippen molar-refractivity contribution in [3.8, 4) is 0 Å². The number of benzene rings is 1. The summed E-state index contributed by atoms with van der Waals surface area (Å²) in [7, 11) is 5.67. The zero-order chi connectivity index (χ0) is 24.3. The predicted molar refractivity (Wildman–Crippen MR) is 131 cm³/mol. The number of likely N-dealkylation sites (N-methyl/N-ethyl adjacent to an activating group) is 2. The molecule has 33 heavy (non-hydrogen) atoms. The molecule has 0 saturated heterocycles. The predicted octanol–water partition coefficient (Wildman–Crippen LogP) is 3.34. The smallest absolute Gasteiger partial charge is 0.254 e. The van der Waals surface area contributed by atoms with Gasteiger partial charge in [0.1, 0.15) is 5.82 Å². The van der Waals surface area contributed by atoms with Crippen LogP contribution in [0.4, 0.5) is 4.39 Å². The number of carbonyl (C=O) groups is 2. The van der Waals surface area contributed by atoms with Crippen molar-refractivity contribution in [2.45, 2.75) is 39.3 Å². The van der Waals surface area contributed by atoms with Crippen LogP contribution in [0.3, 0.4) is 0 Å². The maximum Gasteiger partial charge on any atom is 0.254 e. The number of nitrogens with one attached hydrogen (secondary N) is 1. The van der Waals surface area contributed by atoms with Gasteiger partial charge in [-0.25, -0.2) is 9.38 Å². The van der Waals surface area contributed by atoms with E-state index in [-0.39, 0.29) is 30.1 Å². The number of aliphatic imine (C=N–C) groups is 1. The van der Waals surface area contributed by atoms with Crippen LogP contribution < -0.4 is 5.32 Å². The molecule has 0 aliphatic carbocycles. The number of hydrogen-bond donors (Lipinski definition) is 1. The van der Waals surface area contributed by atoms with E-state index in [1.807, 2.05) is 50.1 Å². The minimum atomic E-state index is -0.498. The first-order valence-corrected chi connectivity index (χ1v) is 11.9. The zero-order valence-electron chi connectivity index (χ0n) is 20.1. The van der Waals surface area contributed by atoms with Gasteiger partial charge < -0.3 is 20.0 Å². The molecule has 3 rings (SSSR count). The molecule has 0 aromatic heterocycles. The fourth-order valence-electron chi connectivity index (χ4n) is 3.67. The molecule has 2 aliphatic rings. The number of nitrogens with zero attached hydrogens (tertiary/aromatic N) is 4. The van der Waals surface area contributed by atoms with Crippen molar-refractivity contribution in [2.24, 2.45) is 4.99 Å². The lowest BCUT2D eigenvalue weighted by Crippen LogP contribution is -2.42. The molecule has 2 heterocycles. The average Bonchev–Trinajstić information content (AvgIpc) is 3.13. The number of allylic oxidation sites excluding steroid dienone is 1. The standard InChI is InChI=1S/C24H32FN5O2S/c1-15(2)29(6)23(32)21-16(3)27-24-30(22(21)17-7-9-18(25)10-8-17)19(14-33-24)13-20(31)26-11-12-28(4)5/h7-10,14-15,22H,11-13H2,1-6H3,(H,26,31). The summed E-state index contributed by atoms with van der Waals surface area (Å²) in [5.41, 5.74) is 2.69. The highest BCUT2D eigenvalue weighted by atomic mass is 32.2. The van der Waals surface area contributed by atoms with Gasteiger partial charge in [-0.3, -0.25) is 9.59 Å². The number of hydrogen-bond acceptors (Lipinski definition) is 6. The summed E-state index contributed by atoms with van der Waals surface area (Å²) in [6.45, 7) is 7.03. The van der Waals surface area contributed by atoms with E-state index in [2.05, 4.69) is 5.32 Å². The minimum absolute atomic E-state index is 0.00230. The number of halogens is 1. The summed E-state index contributed by atoms with van der Waals surface area (Å²) >= 11 is 1.43. The minimum Gasteiger partial charge on any atom is -0.354 e. The van der Waals surface area contributed by atoms with E-state index in [4.69, 9.17) is 4.99 Å². The van der Waals surface area contributed by atoms with Crippen molar-refractivity contribution in [2.75, 3.05) is 34.2 Å². The number of rotatable bonds is 8. The van der Waals surface area contributed by atoms with E-state index >= 15 is 0 Å². The Morgan fingerprint density at radius 3 is 2.48 bits per heavy atom. The SMILES string of the molecule is CC1=C(C(=O)N(C)C(C)C)C(c2ccc(F)cc2)N2C(CC(=O)NCCN(C)C)=CSC2=N1. The van der Waals surface area contributed by atoms with Crippen molar-refractivity contribution in [3.05, 3.63) is 58.0 Å². The summed E-state index contributed by atoms with van der Waals surface area (Å²) in [6, 6.07) is 5.67. The lowest BCUT2D eigenvalue weighted by Gasteiger charge is -2.38. The Labute approximate surface area is 199 Å². The van der Waals surface area contributed by atoms with E-state index < -0.39 is 6.04 Å². The van der Waals surface area contributed by atoms with Gasteiger partial charge in [0.25, 0.3) is 5.91 Å². The van der Waals surface area contributed by atoms with Crippen molar-refractivity contribution in [3.63, 3.8) is 0 Å². The van der Waals surface area contributed by atoms with Gasteiger partial charge in [-0.2, -0.15) is 0 Å². The average molecular weight is 474 g/mol. The molecule has 0 bridgehead atoms. The molecular weight excluding hydrogens is 441 g/mol.